The van der Waals surface area contributed by atoms with Crippen LogP contribution in [0.25, 0.3) is 0 Å². The van der Waals surface area contributed by atoms with Crippen molar-refractivity contribution < 1.29 is 0 Å². The molecule has 1 aliphatic heterocycles. The van der Waals surface area contributed by atoms with Crippen LogP contribution < -0.4 is 0 Å². The van der Waals surface area contributed by atoms with E-state index in [0.717, 1.165) is 25.9 Å². The van der Waals surface area contributed by atoms with Crippen LogP contribution in [0.1, 0.15) is 40.5 Å². The van der Waals surface area contributed by atoms with Crippen molar-refractivity contribution in [3.8, 4) is 0 Å². The van der Waals surface area contributed by atoms with Crippen molar-refractivity contribution in [2.24, 2.45) is 0 Å². The molecule has 94 valence electrons. The smallest absolute Gasteiger partial charge is 0.0982 e. The van der Waals surface area contributed by atoms with E-state index in [-0.39, 0.29) is 0 Å². The van der Waals surface area contributed by atoms with Gasteiger partial charge in [0.25, 0.3) is 0 Å². The summed E-state index contributed by atoms with van der Waals surface area (Å²) >= 11 is 0. The van der Waals surface area contributed by atoms with E-state index in [2.05, 4.69) is 11.9 Å². The first-order valence-electron chi connectivity index (χ1n) is 6.10. The lowest BCUT2D eigenvalue weighted by molar-refractivity contribution is 0.210. The molecule has 4 nitrogen and oxygen atoms in total. The van der Waals surface area contributed by atoms with E-state index in [9.17, 15) is 0 Å². The van der Waals surface area contributed by atoms with Crippen LogP contribution in [0.5, 0.6) is 0 Å². The number of nitrogens with one attached hydrogen (secondary N) is 2. The van der Waals surface area contributed by atoms with Gasteiger partial charge in [-0.25, -0.2) is 0 Å². The monoisotopic (exact) mass is 226 g/mol. The van der Waals surface area contributed by atoms with Gasteiger partial charge < -0.3 is 9.80 Å². The number of nitrogens with zero attached hydrogens (tertiary/aromatic N) is 2. The maximum absolute atomic E-state index is 7.64. The van der Waals surface area contributed by atoms with Crippen LogP contribution in [0.2, 0.25) is 0 Å². The fourth-order valence-electron chi connectivity index (χ4n) is 2.05. The van der Waals surface area contributed by atoms with Crippen molar-refractivity contribution >= 4 is 11.7 Å². The molecule has 1 fully saturated rings. The summed E-state index contributed by atoms with van der Waals surface area (Å²) in [6.07, 6.45) is 2.12. The van der Waals surface area contributed by atoms with Crippen molar-refractivity contribution in [1.82, 2.24) is 9.80 Å². The number of piperidine rings is 1. The maximum Gasteiger partial charge on any atom is 0.0982 e. The Hall–Kier alpha value is -0.900. The van der Waals surface area contributed by atoms with Gasteiger partial charge in [-0.3, -0.25) is 10.8 Å². The number of likely N-dealkylation sites (tertiary alicyclic amines) is 1. The average Bonchev–Trinajstić information content (AvgIpc) is 2.23. The molecule has 1 rings (SSSR count). The molecule has 0 atom stereocenters. The summed E-state index contributed by atoms with van der Waals surface area (Å²) < 4.78 is 0. The summed E-state index contributed by atoms with van der Waals surface area (Å²) in [7, 11) is 2.12. The van der Waals surface area contributed by atoms with E-state index in [4.69, 9.17) is 10.8 Å². The lowest BCUT2D eigenvalue weighted by Crippen LogP contribution is -2.47. The van der Waals surface area contributed by atoms with Gasteiger partial charge in [-0.2, -0.15) is 0 Å². The Bertz CT molecular complexity index is 215. The van der Waals surface area contributed by atoms with Gasteiger partial charge in [-0.15, -0.1) is 0 Å². The standard InChI is InChI=1S/C10H20N4.C2H6/c1-8(11)14(9(2)12)10-4-6-13(3)7-5-10;1-2/h10-12H,4-7H2,1-3H3;1-2H3. The highest BCUT2D eigenvalue weighted by atomic mass is 15.2. The highest BCUT2D eigenvalue weighted by Gasteiger charge is 2.24. The molecule has 0 aliphatic carbocycles. The molecule has 0 saturated carbocycles. The third-order valence-electron chi connectivity index (χ3n) is 2.78. The van der Waals surface area contributed by atoms with Crippen molar-refractivity contribution in [2.75, 3.05) is 20.1 Å². The molecule has 0 bridgehead atoms. The van der Waals surface area contributed by atoms with Crippen molar-refractivity contribution in [1.29, 1.82) is 10.8 Å². The first-order chi connectivity index (χ1) is 7.52. The van der Waals surface area contributed by atoms with E-state index in [1.54, 1.807) is 13.8 Å². The third-order valence-corrected chi connectivity index (χ3v) is 2.78. The molecule has 0 unspecified atom stereocenters. The van der Waals surface area contributed by atoms with Crippen molar-refractivity contribution in [2.45, 2.75) is 46.6 Å². The van der Waals surface area contributed by atoms with E-state index in [0.29, 0.717) is 17.7 Å². The molecule has 4 heteroatoms. The Balaban J connectivity index is 0.00000106. The third kappa shape index (κ3) is 4.31. The van der Waals surface area contributed by atoms with Crippen LogP contribution in [0, 0.1) is 10.8 Å². The molecule has 0 aromatic heterocycles. The zero-order chi connectivity index (χ0) is 12.7. The Kier molecular flexibility index (Phi) is 6.97. The molecule has 0 amide bonds. The highest BCUT2D eigenvalue weighted by molar-refractivity contribution is 5.96. The zero-order valence-electron chi connectivity index (χ0n) is 11.3. The summed E-state index contributed by atoms with van der Waals surface area (Å²) in [5.41, 5.74) is 0. The molecule has 1 aliphatic rings. The van der Waals surface area contributed by atoms with Gasteiger partial charge in [-0.1, -0.05) is 13.8 Å². The topological polar surface area (TPSA) is 54.2 Å². The van der Waals surface area contributed by atoms with Crippen LogP contribution in [0.15, 0.2) is 0 Å². The van der Waals surface area contributed by atoms with E-state index >= 15 is 0 Å². The van der Waals surface area contributed by atoms with Crippen molar-refractivity contribution in [3.05, 3.63) is 0 Å². The summed E-state index contributed by atoms with van der Waals surface area (Å²) in [4.78, 5) is 4.14. The maximum atomic E-state index is 7.64. The highest BCUT2D eigenvalue weighted by Crippen LogP contribution is 2.16. The summed E-state index contributed by atoms with van der Waals surface area (Å²) in [5, 5.41) is 15.3. The van der Waals surface area contributed by atoms with Gasteiger partial charge in [0, 0.05) is 6.04 Å². The Morgan fingerprint density at radius 2 is 1.44 bits per heavy atom. The molecule has 0 aromatic carbocycles. The lowest BCUT2D eigenvalue weighted by atomic mass is 10.0. The second kappa shape index (κ2) is 7.39. The van der Waals surface area contributed by atoms with Gasteiger partial charge in [0.1, 0.15) is 0 Å². The van der Waals surface area contributed by atoms with Gasteiger partial charge in [0.15, 0.2) is 0 Å². The van der Waals surface area contributed by atoms with Gasteiger partial charge >= 0.3 is 0 Å². The molecule has 0 aromatic rings. The van der Waals surface area contributed by atoms with Crippen LogP contribution in [0.4, 0.5) is 0 Å². The minimum Gasteiger partial charge on any atom is -0.316 e. The normalized spacial score (nSPS) is 17.3. The summed E-state index contributed by atoms with van der Waals surface area (Å²) in [6.45, 7) is 9.66. The van der Waals surface area contributed by atoms with Crippen molar-refractivity contribution in [3.63, 3.8) is 0 Å². The largest absolute Gasteiger partial charge is 0.316 e. The quantitative estimate of drug-likeness (QED) is 0.533. The van der Waals surface area contributed by atoms with Gasteiger partial charge in [-0.05, 0) is 46.8 Å². The minimum atomic E-state index is 0.362. The fourth-order valence-corrected chi connectivity index (χ4v) is 2.05. The van der Waals surface area contributed by atoms with Gasteiger partial charge in [0.05, 0.1) is 11.7 Å². The van der Waals surface area contributed by atoms with Crippen LogP contribution in [-0.2, 0) is 0 Å². The Morgan fingerprint density at radius 3 is 1.75 bits per heavy atom. The molecule has 2 N–H and O–H groups in total. The van der Waals surface area contributed by atoms with E-state index in [1.165, 1.54) is 0 Å². The number of hydrogen-bond acceptors (Lipinski definition) is 3. The number of rotatable bonds is 1. The SMILES string of the molecule is CC.CC(=N)N(C(C)=N)C1CCN(C)CC1. The van der Waals surface area contributed by atoms with E-state index < -0.39 is 0 Å². The van der Waals surface area contributed by atoms with Crippen LogP contribution in [-0.4, -0.2) is 47.7 Å². The Morgan fingerprint density at radius 1 is 1.06 bits per heavy atom. The second-order valence-corrected chi connectivity index (χ2v) is 4.08. The van der Waals surface area contributed by atoms with Gasteiger partial charge in [0.2, 0.25) is 0 Å². The predicted molar refractivity (Wildman–Crippen MR) is 70.5 cm³/mol. The van der Waals surface area contributed by atoms with Crippen LogP contribution >= 0.6 is 0 Å². The first kappa shape index (κ1) is 15.1. The average molecular weight is 226 g/mol. The molecule has 0 spiro atoms. The molecule has 1 heterocycles. The Labute approximate surface area is 99.6 Å². The molecular weight excluding hydrogens is 200 g/mol. The zero-order valence-corrected chi connectivity index (χ0v) is 11.3. The second-order valence-electron chi connectivity index (χ2n) is 4.08. The van der Waals surface area contributed by atoms with E-state index in [1.807, 2.05) is 18.7 Å². The fraction of sp³-hybridized carbons (Fsp3) is 0.833. The number of amidine groups is 2. The summed E-state index contributed by atoms with van der Waals surface area (Å²) in [5.74, 6) is 0.985. The summed E-state index contributed by atoms with van der Waals surface area (Å²) in [6, 6.07) is 0.362. The minimum absolute atomic E-state index is 0.362. The molecular formula is C12H26N4. The lowest BCUT2D eigenvalue weighted by Gasteiger charge is -2.37. The number of hydrogen-bond donors (Lipinski definition) is 2. The first-order valence-corrected chi connectivity index (χ1v) is 6.10. The van der Waals surface area contributed by atoms with Crippen LogP contribution in [0.3, 0.4) is 0 Å². The molecule has 1 saturated heterocycles. The molecule has 0 radical (unpaired) electrons. The molecule has 16 heavy (non-hydrogen) atoms. The predicted octanol–water partition coefficient (Wildman–Crippen LogP) is 2.40.